The van der Waals surface area contributed by atoms with E-state index in [9.17, 15) is 0 Å². The average molecular weight is 403 g/mol. The van der Waals surface area contributed by atoms with Crippen molar-refractivity contribution in [3.05, 3.63) is 41.4 Å². The third-order valence-corrected chi connectivity index (χ3v) is 5.19. The van der Waals surface area contributed by atoms with Crippen molar-refractivity contribution >= 4 is 27.9 Å². The van der Waals surface area contributed by atoms with Gasteiger partial charge in [0.1, 0.15) is 17.2 Å². The summed E-state index contributed by atoms with van der Waals surface area (Å²) in [5.74, 6) is 2.52. The van der Waals surface area contributed by atoms with Crippen LogP contribution < -0.4 is 14.2 Å². The molecule has 2 heterocycles. The number of methoxy groups -OCH3 is 3. The Morgan fingerprint density at radius 3 is 2.30 bits per heavy atom. The topological polar surface area (TPSA) is 70.8 Å². The fourth-order valence-corrected chi connectivity index (χ4v) is 3.87. The lowest BCUT2D eigenvalue weighted by atomic mass is 10.2. The fraction of sp³-hybridized carbons (Fsp3) is 0.167. The lowest BCUT2D eigenvalue weighted by Gasteiger charge is -2.10. The number of hydrogen-bond acceptors (Lipinski definition) is 7. The zero-order valence-corrected chi connectivity index (χ0v) is 16.3. The molecule has 0 spiro atoms. The van der Waals surface area contributed by atoms with Crippen LogP contribution in [0.3, 0.4) is 0 Å². The SMILES string of the molecule is COc1ccc(Cl)cc1-c1nnc2sc(-c3c(OC)cccc3OC)nn12. The second-order valence-corrected chi connectivity index (χ2v) is 6.90. The van der Waals surface area contributed by atoms with Crippen LogP contribution in [0.4, 0.5) is 0 Å². The van der Waals surface area contributed by atoms with Gasteiger partial charge in [-0.25, -0.2) is 0 Å². The highest BCUT2D eigenvalue weighted by molar-refractivity contribution is 7.19. The quantitative estimate of drug-likeness (QED) is 0.498. The van der Waals surface area contributed by atoms with E-state index in [-0.39, 0.29) is 0 Å². The molecule has 138 valence electrons. The van der Waals surface area contributed by atoms with Gasteiger partial charge < -0.3 is 14.2 Å². The van der Waals surface area contributed by atoms with E-state index in [1.807, 2.05) is 18.2 Å². The Balaban J connectivity index is 1.92. The highest BCUT2D eigenvalue weighted by Gasteiger charge is 2.21. The molecule has 0 fully saturated rings. The summed E-state index contributed by atoms with van der Waals surface area (Å²) in [6, 6.07) is 10.9. The van der Waals surface area contributed by atoms with Gasteiger partial charge in [0.25, 0.3) is 0 Å². The van der Waals surface area contributed by atoms with Crippen LogP contribution in [0.25, 0.3) is 26.9 Å². The van der Waals surface area contributed by atoms with Gasteiger partial charge in [0, 0.05) is 5.02 Å². The smallest absolute Gasteiger partial charge is 0.235 e. The van der Waals surface area contributed by atoms with Crippen molar-refractivity contribution in [2.75, 3.05) is 21.3 Å². The summed E-state index contributed by atoms with van der Waals surface area (Å²) in [4.78, 5) is 0.634. The minimum absolute atomic E-state index is 0.542. The van der Waals surface area contributed by atoms with Gasteiger partial charge >= 0.3 is 0 Å². The molecule has 0 atom stereocenters. The predicted octanol–water partition coefficient (Wildman–Crippen LogP) is 4.20. The second-order valence-electron chi connectivity index (χ2n) is 5.51. The molecule has 0 bridgehead atoms. The van der Waals surface area contributed by atoms with Crippen molar-refractivity contribution in [3.63, 3.8) is 0 Å². The number of benzene rings is 2. The van der Waals surface area contributed by atoms with Crippen molar-refractivity contribution in [3.8, 4) is 39.2 Å². The summed E-state index contributed by atoms with van der Waals surface area (Å²) in [5, 5.41) is 14.5. The highest BCUT2D eigenvalue weighted by atomic mass is 35.5. The van der Waals surface area contributed by atoms with Gasteiger partial charge in [-0.05, 0) is 30.3 Å². The van der Waals surface area contributed by atoms with E-state index in [2.05, 4.69) is 10.2 Å². The molecule has 9 heteroatoms. The van der Waals surface area contributed by atoms with E-state index in [1.54, 1.807) is 44.0 Å². The maximum absolute atomic E-state index is 6.16. The van der Waals surface area contributed by atoms with Crippen LogP contribution >= 0.6 is 22.9 Å². The Kier molecular flexibility index (Phi) is 4.59. The Morgan fingerprint density at radius 1 is 0.926 bits per heavy atom. The standard InChI is InChI=1S/C18H15ClN4O3S/c1-24-12-8-7-10(19)9-11(12)16-20-21-18-23(16)22-17(27-18)15-13(25-2)5-4-6-14(15)26-3/h4-9H,1-3H3. The third kappa shape index (κ3) is 2.96. The van der Waals surface area contributed by atoms with Crippen molar-refractivity contribution in [1.82, 2.24) is 19.8 Å². The minimum atomic E-state index is 0.542. The summed E-state index contributed by atoms with van der Waals surface area (Å²) < 4.78 is 18.1. The first-order chi connectivity index (χ1) is 13.2. The van der Waals surface area contributed by atoms with Gasteiger partial charge in [-0.15, -0.1) is 10.2 Å². The lowest BCUT2D eigenvalue weighted by Crippen LogP contribution is -1.96. The first-order valence-corrected chi connectivity index (χ1v) is 9.13. The van der Waals surface area contributed by atoms with Gasteiger partial charge in [-0.3, -0.25) is 0 Å². The first kappa shape index (κ1) is 17.6. The molecule has 0 aliphatic carbocycles. The molecule has 4 aromatic rings. The number of halogens is 1. The number of hydrogen-bond donors (Lipinski definition) is 0. The highest BCUT2D eigenvalue weighted by Crippen LogP contribution is 2.41. The zero-order valence-electron chi connectivity index (χ0n) is 14.8. The number of nitrogens with zero attached hydrogens (tertiary/aromatic N) is 4. The predicted molar refractivity (Wildman–Crippen MR) is 104 cm³/mol. The summed E-state index contributed by atoms with van der Waals surface area (Å²) in [6.45, 7) is 0. The summed E-state index contributed by atoms with van der Waals surface area (Å²) in [6.07, 6.45) is 0. The van der Waals surface area contributed by atoms with Gasteiger partial charge in [-0.2, -0.15) is 9.61 Å². The Morgan fingerprint density at radius 2 is 1.63 bits per heavy atom. The van der Waals surface area contributed by atoms with E-state index in [1.165, 1.54) is 11.3 Å². The van der Waals surface area contributed by atoms with E-state index < -0.39 is 0 Å². The number of fused-ring (bicyclic) bond motifs is 1. The maximum atomic E-state index is 6.16. The van der Waals surface area contributed by atoms with Gasteiger partial charge in [0.15, 0.2) is 10.8 Å². The molecule has 4 rings (SSSR count). The van der Waals surface area contributed by atoms with Crippen LogP contribution in [0.2, 0.25) is 5.02 Å². The molecular weight excluding hydrogens is 388 g/mol. The Hall–Kier alpha value is -2.84. The largest absolute Gasteiger partial charge is 0.496 e. The molecule has 0 radical (unpaired) electrons. The number of aromatic nitrogens is 4. The van der Waals surface area contributed by atoms with Crippen LogP contribution in [0.1, 0.15) is 0 Å². The monoisotopic (exact) mass is 402 g/mol. The molecule has 0 amide bonds. The van der Waals surface area contributed by atoms with Crippen molar-refractivity contribution in [2.24, 2.45) is 0 Å². The van der Waals surface area contributed by atoms with Gasteiger partial charge in [-0.1, -0.05) is 29.0 Å². The van der Waals surface area contributed by atoms with Crippen molar-refractivity contribution < 1.29 is 14.2 Å². The molecule has 0 N–H and O–H groups in total. The third-order valence-electron chi connectivity index (χ3n) is 4.03. The molecule has 0 unspecified atom stereocenters. The van der Waals surface area contributed by atoms with E-state index in [0.29, 0.717) is 43.6 Å². The van der Waals surface area contributed by atoms with E-state index in [0.717, 1.165) is 5.56 Å². The summed E-state index contributed by atoms with van der Waals surface area (Å²) in [5.41, 5.74) is 1.48. The zero-order chi connectivity index (χ0) is 19.0. The van der Waals surface area contributed by atoms with E-state index in [4.69, 9.17) is 30.9 Å². The van der Waals surface area contributed by atoms with Crippen LogP contribution in [0.15, 0.2) is 36.4 Å². The molecule has 0 saturated heterocycles. The number of ether oxygens (including phenoxy) is 3. The van der Waals surface area contributed by atoms with Crippen LogP contribution in [0, 0.1) is 0 Å². The minimum Gasteiger partial charge on any atom is -0.496 e. The molecule has 0 aliphatic heterocycles. The molecule has 0 aliphatic rings. The Bertz CT molecular complexity index is 1100. The Labute approximate surface area is 164 Å². The fourth-order valence-electron chi connectivity index (χ4n) is 2.80. The second kappa shape index (κ2) is 7.05. The normalized spacial score (nSPS) is 11.0. The summed E-state index contributed by atoms with van der Waals surface area (Å²) >= 11 is 7.55. The van der Waals surface area contributed by atoms with Crippen molar-refractivity contribution in [1.29, 1.82) is 0 Å². The van der Waals surface area contributed by atoms with Crippen molar-refractivity contribution in [2.45, 2.75) is 0 Å². The van der Waals surface area contributed by atoms with Crippen LogP contribution in [-0.4, -0.2) is 41.1 Å². The van der Waals surface area contributed by atoms with Crippen LogP contribution in [-0.2, 0) is 0 Å². The lowest BCUT2D eigenvalue weighted by molar-refractivity contribution is 0.397. The molecule has 27 heavy (non-hydrogen) atoms. The molecular formula is C18H15ClN4O3S. The molecule has 2 aromatic carbocycles. The number of rotatable bonds is 5. The van der Waals surface area contributed by atoms with E-state index >= 15 is 0 Å². The average Bonchev–Trinajstić information content (AvgIpc) is 3.27. The van der Waals surface area contributed by atoms with Gasteiger partial charge in [0.2, 0.25) is 4.96 Å². The van der Waals surface area contributed by atoms with Crippen LogP contribution in [0.5, 0.6) is 17.2 Å². The molecule has 0 saturated carbocycles. The maximum Gasteiger partial charge on any atom is 0.235 e. The van der Waals surface area contributed by atoms with Gasteiger partial charge in [0.05, 0.1) is 32.5 Å². The first-order valence-electron chi connectivity index (χ1n) is 7.93. The molecule has 2 aromatic heterocycles. The molecule has 7 nitrogen and oxygen atoms in total. The summed E-state index contributed by atoms with van der Waals surface area (Å²) in [7, 11) is 4.82.